The van der Waals surface area contributed by atoms with Crippen LogP contribution < -0.4 is 0 Å². The van der Waals surface area contributed by atoms with Crippen molar-refractivity contribution in [2.24, 2.45) is 0 Å². The lowest BCUT2D eigenvalue weighted by Gasteiger charge is -2.09. The van der Waals surface area contributed by atoms with Crippen molar-refractivity contribution in [2.45, 2.75) is 17.5 Å². The summed E-state index contributed by atoms with van der Waals surface area (Å²) < 4.78 is 7.47. The van der Waals surface area contributed by atoms with Crippen molar-refractivity contribution in [3.8, 4) is 11.6 Å². The summed E-state index contributed by atoms with van der Waals surface area (Å²) in [6, 6.07) is 20.4. The van der Waals surface area contributed by atoms with Gasteiger partial charge in [-0.2, -0.15) is 0 Å². The highest BCUT2D eigenvalue weighted by molar-refractivity contribution is 7.98. The highest BCUT2D eigenvalue weighted by Crippen LogP contribution is 2.30. The molecule has 28 heavy (non-hydrogen) atoms. The van der Waals surface area contributed by atoms with Crippen LogP contribution in [0.4, 0.5) is 5.69 Å². The number of rotatable bonds is 7. The number of furan rings is 1. The fourth-order valence-corrected chi connectivity index (χ4v) is 3.78. The van der Waals surface area contributed by atoms with Crippen LogP contribution in [-0.2, 0) is 12.3 Å². The number of nitrogens with zero attached hydrogens (tertiary/aromatic N) is 4. The van der Waals surface area contributed by atoms with E-state index in [1.807, 2.05) is 41.0 Å². The topological polar surface area (TPSA) is 87.0 Å². The monoisotopic (exact) mass is 392 g/mol. The van der Waals surface area contributed by atoms with Gasteiger partial charge >= 0.3 is 0 Å². The summed E-state index contributed by atoms with van der Waals surface area (Å²) in [4.78, 5) is 10.9. The van der Waals surface area contributed by atoms with Gasteiger partial charge in [0, 0.05) is 17.4 Å². The third-order valence-corrected chi connectivity index (χ3v) is 5.20. The van der Waals surface area contributed by atoms with E-state index < -0.39 is 0 Å². The Bertz CT molecular complexity index is 1080. The van der Waals surface area contributed by atoms with Crippen LogP contribution in [0.25, 0.3) is 11.6 Å². The molecular weight excluding hydrogens is 376 g/mol. The van der Waals surface area contributed by atoms with Gasteiger partial charge in [-0.15, -0.1) is 10.2 Å². The van der Waals surface area contributed by atoms with Crippen molar-refractivity contribution in [1.29, 1.82) is 0 Å². The van der Waals surface area contributed by atoms with Gasteiger partial charge < -0.3 is 4.42 Å². The fourth-order valence-electron chi connectivity index (χ4n) is 2.85. The number of hydrogen-bond donors (Lipinski definition) is 0. The zero-order valence-electron chi connectivity index (χ0n) is 14.8. The Balaban J connectivity index is 1.65. The van der Waals surface area contributed by atoms with E-state index in [4.69, 9.17) is 4.42 Å². The number of thioether (sulfide) groups is 1. The van der Waals surface area contributed by atoms with Crippen LogP contribution in [0.15, 0.2) is 82.6 Å². The van der Waals surface area contributed by atoms with Crippen molar-refractivity contribution < 1.29 is 9.34 Å². The number of benzene rings is 2. The molecule has 2 heterocycles. The molecule has 0 spiro atoms. The summed E-state index contributed by atoms with van der Waals surface area (Å²) in [5.41, 5.74) is 1.85. The second-order valence-corrected chi connectivity index (χ2v) is 6.97. The molecule has 0 atom stereocenters. The molecule has 0 N–H and O–H groups in total. The van der Waals surface area contributed by atoms with Crippen molar-refractivity contribution in [3.05, 3.63) is 94.2 Å². The van der Waals surface area contributed by atoms with Gasteiger partial charge in [0.15, 0.2) is 10.9 Å². The first kappa shape index (κ1) is 18.0. The summed E-state index contributed by atoms with van der Waals surface area (Å²) >= 11 is 1.41. The number of nitro benzene ring substituents is 1. The lowest BCUT2D eigenvalue weighted by Crippen LogP contribution is -2.04. The molecule has 140 valence electrons. The first-order valence-corrected chi connectivity index (χ1v) is 9.57. The van der Waals surface area contributed by atoms with E-state index in [0.29, 0.717) is 34.6 Å². The van der Waals surface area contributed by atoms with E-state index in [-0.39, 0.29) is 10.6 Å². The van der Waals surface area contributed by atoms with Gasteiger partial charge in [0.2, 0.25) is 5.82 Å². The van der Waals surface area contributed by atoms with Crippen molar-refractivity contribution >= 4 is 17.4 Å². The van der Waals surface area contributed by atoms with Crippen molar-refractivity contribution in [3.63, 3.8) is 0 Å². The van der Waals surface area contributed by atoms with Gasteiger partial charge in [0.25, 0.3) is 5.69 Å². The fraction of sp³-hybridized carbons (Fsp3) is 0.100. The van der Waals surface area contributed by atoms with Crippen LogP contribution in [0.1, 0.15) is 11.1 Å². The first-order chi connectivity index (χ1) is 13.7. The predicted octanol–water partition coefficient (Wildman–Crippen LogP) is 4.79. The number of nitro groups is 1. The molecule has 0 aliphatic carbocycles. The minimum atomic E-state index is -0.362. The quantitative estimate of drug-likeness (QED) is 0.255. The molecule has 0 unspecified atom stereocenters. The standard InChI is InChI=1S/C20H16N4O3S/c25-24(26)17-10-5-4-9-16(17)14-28-20-22-21-19(18-11-6-12-27-18)23(20)13-15-7-2-1-3-8-15/h1-12H,13-14H2. The van der Waals surface area contributed by atoms with Gasteiger partial charge in [-0.05, 0) is 17.7 Å². The molecule has 0 saturated heterocycles. The summed E-state index contributed by atoms with van der Waals surface area (Å²) in [5, 5.41) is 20.5. The molecule has 4 rings (SSSR count). The molecule has 0 radical (unpaired) electrons. The largest absolute Gasteiger partial charge is 0.461 e. The highest BCUT2D eigenvalue weighted by Gasteiger charge is 2.19. The summed E-state index contributed by atoms with van der Waals surface area (Å²) in [6.07, 6.45) is 1.59. The Morgan fingerprint density at radius 3 is 2.54 bits per heavy atom. The van der Waals surface area contributed by atoms with E-state index in [0.717, 1.165) is 5.56 Å². The smallest absolute Gasteiger partial charge is 0.273 e. The van der Waals surface area contributed by atoms with Crippen molar-refractivity contribution in [2.75, 3.05) is 0 Å². The second-order valence-electron chi connectivity index (χ2n) is 6.03. The van der Waals surface area contributed by atoms with Crippen LogP contribution in [-0.4, -0.2) is 19.7 Å². The van der Waals surface area contributed by atoms with Crippen LogP contribution in [0, 0.1) is 10.1 Å². The normalized spacial score (nSPS) is 10.9. The van der Waals surface area contributed by atoms with Gasteiger partial charge in [-0.1, -0.05) is 60.3 Å². The highest BCUT2D eigenvalue weighted by atomic mass is 32.2. The van der Waals surface area contributed by atoms with E-state index in [1.165, 1.54) is 17.8 Å². The molecule has 0 aliphatic heterocycles. The molecule has 0 amide bonds. The maximum absolute atomic E-state index is 11.3. The lowest BCUT2D eigenvalue weighted by molar-refractivity contribution is -0.385. The number of aromatic nitrogens is 3. The first-order valence-electron chi connectivity index (χ1n) is 8.58. The molecular formula is C20H16N4O3S. The van der Waals surface area contributed by atoms with Gasteiger partial charge in [0.05, 0.1) is 17.7 Å². The summed E-state index contributed by atoms with van der Waals surface area (Å²) in [7, 11) is 0. The molecule has 0 bridgehead atoms. The van der Waals surface area contributed by atoms with Crippen molar-refractivity contribution in [1.82, 2.24) is 14.8 Å². The maximum Gasteiger partial charge on any atom is 0.273 e. The van der Waals surface area contributed by atoms with E-state index in [9.17, 15) is 10.1 Å². The SMILES string of the molecule is O=[N+]([O-])c1ccccc1CSc1nnc(-c2ccco2)n1Cc1ccccc1. The van der Waals surface area contributed by atoms with Crippen LogP contribution in [0.2, 0.25) is 0 Å². The summed E-state index contributed by atoms with van der Waals surface area (Å²) in [5.74, 6) is 1.67. The molecule has 7 nitrogen and oxygen atoms in total. The van der Waals surface area contributed by atoms with E-state index >= 15 is 0 Å². The van der Waals surface area contributed by atoms with E-state index in [2.05, 4.69) is 10.2 Å². The number of hydrogen-bond acceptors (Lipinski definition) is 6. The molecule has 2 aromatic heterocycles. The van der Waals surface area contributed by atoms with Crippen LogP contribution >= 0.6 is 11.8 Å². The molecule has 2 aromatic carbocycles. The minimum absolute atomic E-state index is 0.107. The third-order valence-electron chi connectivity index (χ3n) is 4.19. The van der Waals surface area contributed by atoms with Gasteiger partial charge in [-0.3, -0.25) is 14.7 Å². The van der Waals surface area contributed by atoms with Gasteiger partial charge in [0.1, 0.15) is 0 Å². The maximum atomic E-state index is 11.3. The second kappa shape index (κ2) is 8.10. The van der Waals surface area contributed by atoms with Crippen LogP contribution in [0.5, 0.6) is 0 Å². The zero-order valence-corrected chi connectivity index (χ0v) is 15.6. The molecule has 4 aromatic rings. The van der Waals surface area contributed by atoms with Gasteiger partial charge in [-0.25, -0.2) is 0 Å². The van der Waals surface area contributed by atoms with E-state index in [1.54, 1.807) is 30.5 Å². The Labute approximate surface area is 165 Å². The molecule has 0 aliphatic rings. The third kappa shape index (κ3) is 3.81. The molecule has 0 fully saturated rings. The lowest BCUT2D eigenvalue weighted by atomic mass is 10.2. The average Bonchev–Trinajstić information content (AvgIpc) is 3.37. The predicted molar refractivity (Wildman–Crippen MR) is 106 cm³/mol. The zero-order chi connectivity index (χ0) is 19.3. The molecule has 0 saturated carbocycles. The average molecular weight is 392 g/mol. The Morgan fingerprint density at radius 2 is 1.79 bits per heavy atom. The minimum Gasteiger partial charge on any atom is -0.461 e. The van der Waals surface area contributed by atoms with Crippen LogP contribution in [0.3, 0.4) is 0 Å². The summed E-state index contributed by atoms with van der Waals surface area (Å²) in [6.45, 7) is 0.573. The number of para-hydroxylation sites is 1. The molecule has 8 heteroatoms. The Morgan fingerprint density at radius 1 is 1.00 bits per heavy atom. The Hall–Kier alpha value is -3.39. The Kier molecular flexibility index (Phi) is 5.20.